The Labute approximate surface area is 216 Å². The van der Waals surface area contributed by atoms with Crippen molar-refractivity contribution in [1.82, 2.24) is 4.98 Å². The number of anilines is 1. The Kier molecular flexibility index (Phi) is 7.19. The molecule has 0 amide bonds. The van der Waals surface area contributed by atoms with E-state index in [0.29, 0.717) is 19.8 Å². The molecule has 4 aromatic carbocycles. The van der Waals surface area contributed by atoms with E-state index >= 15 is 0 Å². The number of rotatable bonds is 9. The van der Waals surface area contributed by atoms with E-state index in [1.54, 1.807) is 11.3 Å². The minimum Gasteiger partial charge on any atom is -0.490 e. The number of fused-ring (bicyclic) bond motifs is 1. The predicted molar refractivity (Wildman–Crippen MR) is 150 cm³/mol. The molecule has 0 aliphatic carbocycles. The summed E-state index contributed by atoms with van der Waals surface area (Å²) in [6, 6.07) is 29.3. The summed E-state index contributed by atoms with van der Waals surface area (Å²) in [5.41, 5.74) is 8.04. The summed E-state index contributed by atoms with van der Waals surface area (Å²) < 4.78 is 13.2. The zero-order chi connectivity index (χ0) is 24.9. The van der Waals surface area contributed by atoms with Crippen molar-refractivity contribution in [3.8, 4) is 22.1 Å². The van der Waals surface area contributed by atoms with Crippen molar-refractivity contribution < 1.29 is 9.47 Å². The van der Waals surface area contributed by atoms with Crippen LogP contribution in [-0.2, 0) is 13.2 Å². The van der Waals surface area contributed by atoms with Gasteiger partial charge in [0, 0.05) is 17.8 Å². The molecule has 5 heteroatoms. The number of nitrogens with zero attached hydrogens (tertiary/aromatic N) is 1. The molecule has 0 bridgehead atoms. The van der Waals surface area contributed by atoms with E-state index in [-0.39, 0.29) is 0 Å². The number of thiazole rings is 1. The number of ether oxygens (including phenoxy) is 2. The van der Waals surface area contributed by atoms with Gasteiger partial charge in [-0.15, -0.1) is 11.3 Å². The maximum Gasteiger partial charge on any atom is 0.161 e. The lowest BCUT2D eigenvalue weighted by Crippen LogP contribution is -2.03. The molecule has 1 heterocycles. The Balaban J connectivity index is 1.24. The van der Waals surface area contributed by atoms with Crippen molar-refractivity contribution in [3.05, 3.63) is 107 Å². The average Bonchev–Trinajstić information content (AvgIpc) is 3.31. The number of aromatic nitrogens is 1. The fraction of sp³-hybridized carbons (Fsp3) is 0.194. The third-order valence-corrected chi connectivity index (χ3v) is 7.19. The second-order valence-corrected chi connectivity index (χ2v) is 9.88. The molecule has 0 aliphatic rings. The van der Waals surface area contributed by atoms with Gasteiger partial charge in [0.1, 0.15) is 11.6 Å². The third-order valence-electron chi connectivity index (χ3n) is 6.12. The molecule has 5 rings (SSSR count). The lowest BCUT2D eigenvalue weighted by Gasteiger charge is -2.15. The monoisotopic (exact) mass is 494 g/mol. The summed E-state index contributed by atoms with van der Waals surface area (Å²) in [5, 5.41) is 4.56. The van der Waals surface area contributed by atoms with Crippen molar-refractivity contribution in [2.75, 3.05) is 11.9 Å². The number of aryl methyl sites for hydroxylation is 2. The van der Waals surface area contributed by atoms with Gasteiger partial charge in [-0.1, -0.05) is 36.4 Å². The molecule has 0 saturated heterocycles. The second-order valence-electron chi connectivity index (χ2n) is 8.85. The Bertz CT molecular complexity index is 1470. The van der Waals surface area contributed by atoms with Crippen molar-refractivity contribution in [1.29, 1.82) is 0 Å². The molecule has 0 aliphatic heterocycles. The summed E-state index contributed by atoms with van der Waals surface area (Å²) in [6.45, 7) is 8.00. The largest absolute Gasteiger partial charge is 0.490 e. The van der Waals surface area contributed by atoms with Gasteiger partial charge < -0.3 is 14.8 Å². The lowest BCUT2D eigenvalue weighted by molar-refractivity contribution is 0.268. The Morgan fingerprint density at radius 2 is 1.67 bits per heavy atom. The fourth-order valence-electron chi connectivity index (χ4n) is 4.07. The van der Waals surface area contributed by atoms with Gasteiger partial charge in [-0.25, -0.2) is 4.98 Å². The molecule has 1 aromatic heterocycles. The van der Waals surface area contributed by atoms with Gasteiger partial charge in [0.2, 0.25) is 0 Å². The smallest absolute Gasteiger partial charge is 0.161 e. The van der Waals surface area contributed by atoms with Gasteiger partial charge in [-0.3, -0.25) is 0 Å². The first-order valence-electron chi connectivity index (χ1n) is 12.2. The second kappa shape index (κ2) is 10.8. The van der Waals surface area contributed by atoms with Crippen LogP contribution in [0.2, 0.25) is 0 Å². The third kappa shape index (κ3) is 5.52. The van der Waals surface area contributed by atoms with Gasteiger partial charge in [0.05, 0.1) is 16.8 Å². The van der Waals surface area contributed by atoms with Crippen LogP contribution < -0.4 is 14.8 Å². The van der Waals surface area contributed by atoms with Crippen LogP contribution in [0.1, 0.15) is 29.2 Å². The van der Waals surface area contributed by atoms with Gasteiger partial charge in [0.25, 0.3) is 0 Å². The highest BCUT2D eigenvalue weighted by Crippen LogP contribution is 2.32. The molecule has 1 N–H and O–H groups in total. The minimum atomic E-state index is 0.519. The molecule has 5 aromatic rings. The molecule has 0 atom stereocenters. The van der Waals surface area contributed by atoms with E-state index in [1.807, 2.05) is 25.1 Å². The van der Waals surface area contributed by atoms with Crippen LogP contribution in [0.25, 0.3) is 20.8 Å². The summed E-state index contributed by atoms with van der Waals surface area (Å²) >= 11 is 1.73. The van der Waals surface area contributed by atoms with Crippen molar-refractivity contribution in [3.63, 3.8) is 0 Å². The minimum absolute atomic E-state index is 0.519. The normalized spacial score (nSPS) is 11.0. The first kappa shape index (κ1) is 23.9. The van der Waals surface area contributed by atoms with E-state index in [2.05, 4.69) is 85.9 Å². The van der Waals surface area contributed by atoms with Crippen LogP contribution in [-0.4, -0.2) is 11.6 Å². The van der Waals surface area contributed by atoms with Crippen molar-refractivity contribution >= 4 is 27.2 Å². The molecule has 182 valence electrons. The summed E-state index contributed by atoms with van der Waals surface area (Å²) in [4.78, 5) is 4.79. The SMILES string of the molecule is CCOc1cc(CNc2ccc(-c3nc4ccc(C)cc4s3)cc2)ccc1OCc1ccccc1C. The number of benzene rings is 4. The Morgan fingerprint density at radius 1 is 0.833 bits per heavy atom. The highest BCUT2D eigenvalue weighted by Gasteiger charge is 2.09. The van der Waals surface area contributed by atoms with E-state index in [4.69, 9.17) is 14.5 Å². The molecule has 0 radical (unpaired) electrons. The Hall–Kier alpha value is -3.83. The van der Waals surface area contributed by atoms with Crippen molar-refractivity contribution in [2.24, 2.45) is 0 Å². The summed E-state index contributed by atoms with van der Waals surface area (Å²) in [6.07, 6.45) is 0. The molecule has 0 spiro atoms. The van der Waals surface area contributed by atoms with Gasteiger partial charge in [-0.2, -0.15) is 0 Å². The summed E-state index contributed by atoms with van der Waals surface area (Å²) in [5.74, 6) is 1.53. The lowest BCUT2D eigenvalue weighted by atomic mass is 10.1. The van der Waals surface area contributed by atoms with Crippen LogP contribution in [0, 0.1) is 13.8 Å². The quantitative estimate of drug-likeness (QED) is 0.224. The number of hydrogen-bond acceptors (Lipinski definition) is 5. The van der Waals surface area contributed by atoms with Crippen LogP contribution in [0.5, 0.6) is 11.5 Å². The Morgan fingerprint density at radius 3 is 2.47 bits per heavy atom. The molecule has 4 nitrogen and oxygen atoms in total. The first-order chi connectivity index (χ1) is 17.6. The average molecular weight is 495 g/mol. The molecule has 0 saturated carbocycles. The maximum atomic E-state index is 6.11. The zero-order valence-corrected chi connectivity index (χ0v) is 21.7. The van der Waals surface area contributed by atoms with E-state index in [9.17, 15) is 0 Å². The summed E-state index contributed by atoms with van der Waals surface area (Å²) in [7, 11) is 0. The van der Waals surface area contributed by atoms with Gasteiger partial charge in [-0.05, 0) is 91.6 Å². The molecular weight excluding hydrogens is 464 g/mol. The molecule has 0 fully saturated rings. The molecular formula is C31H30N2O2S. The first-order valence-corrected chi connectivity index (χ1v) is 13.1. The molecule has 36 heavy (non-hydrogen) atoms. The predicted octanol–water partition coefficient (Wildman–Crippen LogP) is 8.17. The highest BCUT2D eigenvalue weighted by molar-refractivity contribution is 7.21. The number of nitrogens with one attached hydrogen (secondary N) is 1. The standard InChI is InChI=1S/C31H30N2O2S/c1-4-34-29-18-23(10-16-28(29)35-20-25-8-6-5-7-22(25)3)19-32-26-13-11-24(12-14-26)31-33-27-15-9-21(2)17-30(27)36-31/h5-18,32H,4,19-20H2,1-3H3. The van der Waals surface area contributed by atoms with Crippen LogP contribution in [0.15, 0.2) is 84.9 Å². The zero-order valence-electron chi connectivity index (χ0n) is 20.9. The van der Waals surface area contributed by atoms with Crippen molar-refractivity contribution in [2.45, 2.75) is 33.9 Å². The fourth-order valence-corrected chi connectivity index (χ4v) is 5.14. The number of hydrogen-bond donors (Lipinski definition) is 1. The van der Waals surface area contributed by atoms with Crippen LogP contribution in [0.3, 0.4) is 0 Å². The van der Waals surface area contributed by atoms with Gasteiger partial charge >= 0.3 is 0 Å². The van der Waals surface area contributed by atoms with E-state index in [1.165, 1.54) is 21.4 Å². The maximum absolute atomic E-state index is 6.11. The molecule has 0 unspecified atom stereocenters. The van der Waals surface area contributed by atoms with Gasteiger partial charge in [0.15, 0.2) is 11.5 Å². The van der Waals surface area contributed by atoms with E-state index < -0.39 is 0 Å². The topological polar surface area (TPSA) is 43.4 Å². The van der Waals surface area contributed by atoms with Crippen LogP contribution >= 0.6 is 11.3 Å². The highest BCUT2D eigenvalue weighted by atomic mass is 32.1. The van der Waals surface area contributed by atoms with Crippen LogP contribution in [0.4, 0.5) is 5.69 Å². The van der Waals surface area contributed by atoms with E-state index in [0.717, 1.165) is 38.8 Å².